The molecule has 0 aromatic heterocycles. The van der Waals surface area contributed by atoms with Gasteiger partial charge in [0.2, 0.25) is 0 Å². The van der Waals surface area contributed by atoms with E-state index in [1.807, 2.05) is 13.8 Å². The van der Waals surface area contributed by atoms with Gasteiger partial charge in [-0.1, -0.05) is 26.0 Å². The summed E-state index contributed by atoms with van der Waals surface area (Å²) < 4.78 is 71.8. The zero-order chi connectivity index (χ0) is 25.1. The van der Waals surface area contributed by atoms with Crippen molar-refractivity contribution in [3.8, 4) is 5.75 Å². The number of nitrogens with one attached hydrogen (secondary N) is 1. The van der Waals surface area contributed by atoms with Gasteiger partial charge >= 0.3 is 12.1 Å². The minimum atomic E-state index is -5.40. The number of benzene rings is 2. The number of phenols is 1. The maximum atomic E-state index is 13.1. The van der Waals surface area contributed by atoms with Crippen LogP contribution in [0.15, 0.2) is 47.4 Å². The molecule has 0 fully saturated rings. The summed E-state index contributed by atoms with van der Waals surface area (Å²) in [6.45, 7) is 6.62. The lowest BCUT2D eigenvalue weighted by atomic mass is 9.93. The van der Waals surface area contributed by atoms with Crippen LogP contribution in [0.1, 0.15) is 50.7 Å². The van der Waals surface area contributed by atoms with Gasteiger partial charge in [-0.15, -0.1) is 0 Å². The molecule has 0 aliphatic rings. The fourth-order valence-corrected chi connectivity index (χ4v) is 3.98. The highest BCUT2D eigenvalue weighted by molar-refractivity contribution is 7.92. The number of esters is 1. The summed E-state index contributed by atoms with van der Waals surface area (Å²) in [5.74, 6) is -7.13. The van der Waals surface area contributed by atoms with Crippen LogP contribution in [-0.2, 0) is 24.3 Å². The quantitative estimate of drug-likeness (QED) is 0.323. The van der Waals surface area contributed by atoms with E-state index in [1.54, 1.807) is 12.1 Å². The Balaban J connectivity index is 2.47. The summed E-state index contributed by atoms with van der Waals surface area (Å²) in [6.07, 6.45) is -6.24. The normalized spacial score (nSPS) is 13.1. The van der Waals surface area contributed by atoms with Crippen LogP contribution >= 0.6 is 0 Å². The van der Waals surface area contributed by atoms with E-state index in [9.17, 15) is 36.3 Å². The zero-order valence-corrected chi connectivity index (χ0v) is 19.1. The minimum absolute atomic E-state index is 0.108. The van der Waals surface area contributed by atoms with E-state index in [4.69, 9.17) is 4.74 Å². The van der Waals surface area contributed by atoms with Crippen LogP contribution in [0.3, 0.4) is 0 Å². The van der Waals surface area contributed by atoms with Gasteiger partial charge < -0.3 is 9.84 Å². The number of sulfonamides is 1. The van der Waals surface area contributed by atoms with E-state index in [1.165, 1.54) is 26.0 Å². The third-order valence-corrected chi connectivity index (χ3v) is 5.97. The third kappa shape index (κ3) is 6.47. The Morgan fingerprint density at radius 2 is 1.58 bits per heavy atom. The smallest absolute Gasteiger partial charge is 0.451 e. The molecule has 2 N–H and O–H groups in total. The number of ketones is 1. The van der Waals surface area contributed by atoms with Crippen molar-refractivity contribution in [2.24, 2.45) is 0 Å². The van der Waals surface area contributed by atoms with Crippen LogP contribution in [-0.4, -0.2) is 37.6 Å². The molecule has 0 saturated heterocycles. The Morgan fingerprint density at radius 1 is 1.00 bits per heavy atom. The number of hydrogen-bond donors (Lipinski definition) is 2. The molecular formula is C22H24F3NO6S. The van der Waals surface area contributed by atoms with Gasteiger partial charge in [-0.3, -0.25) is 14.3 Å². The predicted molar refractivity (Wildman–Crippen MR) is 114 cm³/mol. The number of phenolic OH excluding ortho intramolecular Hbond substituents is 1. The maximum Gasteiger partial charge on any atom is 0.451 e. The van der Waals surface area contributed by atoms with Crippen molar-refractivity contribution in [3.63, 3.8) is 0 Å². The maximum absolute atomic E-state index is 13.1. The van der Waals surface area contributed by atoms with Gasteiger partial charge in [0.1, 0.15) is 5.75 Å². The van der Waals surface area contributed by atoms with Crippen LogP contribution in [0.2, 0.25) is 0 Å². The molecular weight excluding hydrogens is 463 g/mol. The standard InChI is InChI=1S/C22H24F3NO6S/c1-12(2)14-5-8-16(9-6-14)33(30,31)26-15-7-10-18(27)17(11-15)19(20(28)22(23,24)25)21(29)32-13(3)4/h5-13,19,26-27H,1-4H3. The van der Waals surface area contributed by atoms with Crippen molar-refractivity contribution in [2.45, 2.75) is 56.7 Å². The van der Waals surface area contributed by atoms with Crippen LogP contribution in [0, 0.1) is 0 Å². The van der Waals surface area contributed by atoms with Gasteiger partial charge in [0.25, 0.3) is 15.8 Å². The van der Waals surface area contributed by atoms with Crippen LogP contribution in [0.4, 0.5) is 18.9 Å². The zero-order valence-electron chi connectivity index (χ0n) is 18.3. The number of ether oxygens (including phenoxy) is 1. The molecule has 0 aliphatic carbocycles. The highest BCUT2D eigenvalue weighted by Gasteiger charge is 2.48. The summed E-state index contributed by atoms with van der Waals surface area (Å²) >= 11 is 0. The Bertz CT molecular complexity index is 1130. The topological polar surface area (TPSA) is 110 Å². The lowest BCUT2D eigenvalue weighted by Crippen LogP contribution is -2.35. The molecule has 180 valence electrons. The van der Waals surface area contributed by atoms with E-state index in [2.05, 4.69) is 4.72 Å². The van der Waals surface area contributed by atoms with Crippen molar-refractivity contribution < 1.29 is 41.0 Å². The first-order valence-electron chi connectivity index (χ1n) is 9.90. The lowest BCUT2D eigenvalue weighted by molar-refractivity contribution is -0.178. The van der Waals surface area contributed by atoms with Crippen molar-refractivity contribution in [2.75, 3.05) is 4.72 Å². The third-order valence-electron chi connectivity index (χ3n) is 4.58. The summed E-state index contributed by atoms with van der Waals surface area (Å²) in [7, 11) is -4.15. The number of alkyl halides is 3. The number of carbonyl (C=O) groups excluding carboxylic acids is 2. The van der Waals surface area contributed by atoms with Gasteiger partial charge in [-0.25, -0.2) is 8.42 Å². The molecule has 2 aromatic rings. The summed E-state index contributed by atoms with van der Waals surface area (Å²) in [5, 5.41) is 10.1. The highest BCUT2D eigenvalue weighted by atomic mass is 32.2. The van der Waals surface area contributed by atoms with E-state index < -0.39 is 51.3 Å². The Labute approximate surface area is 189 Å². The number of aromatic hydroxyl groups is 1. The van der Waals surface area contributed by atoms with Gasteiger partial charge in [-0.05, 0) is 55.7 Å². The molecule has 11 heteroatoms. The summed E-state index contributed by atoms with van der Waals surface area (Å²) in [6, 6.07) is 8.76. The molecule has 0 radical (unpaired) electrons. The second-order valence-corrected chi connectivity index (χ2v) is 9.57. The molecule has 0 heterocycles. The Morgan fingerprint density at radius 3 is 2.06 bits per heavy atom. The number of Topliss-reactive ketones (excluding diaryl/α,β-unsaturated/α-hetero) is 1. The van der Waals surface area contributed by atoms with Gasteiger partial charge in [0.05, 0.1) is 11.0 Å². The van der Waals surface area contributed by atoms with E-state index in [-0.39, 0.29) is 16.5 Å². The van der Waals surface area contributed by atoms with Gasteiger partial charge in [0, 0.05) is 11.3 Å². The fourth-order valence-electron chi connectivity index (χ4n) is 2.93. The molecule has 7 nitrogen and oxygen atoms in total. The number of rotatable bonds is 8. The van der Waals surface area contributed by atoms with Gasteiger partial charge in [-0.2, -0.15) is 13.2 Å². The SMILES string of the molecule is CC(C)OC(=O)C(C(=O)C(F)(F)F)c1cc(NS(=O)(=O)c2ccc(C(C)C)cc2)ccc1O. The van der Waals surface area contributed by atoms with Gasteiger partial charge in [0.15, 0.2) is 5.92 Å². The largest absolute Gasteiger partial charge is 0.508 e. The summed E-state index contributed by atoms with van der Waals surface area (Å²) in [4.78, 5) is 24.2. The predicted octanol–water partition coefficient (Wildman–Crippen LogP) is 4.48. The molecule has 0 amide bonds. The first-order valence-corrected chi connectivity index (χ1v) is 11.4. The second kappa shape index (κ2) is 9.82. The highest BCUT2D eigenvalue weighted by Crippen LogP contribution is 2.36. The number of hydrogen-bond acceptors (Lipinski definition) is 6. The average molecular weight is 487 g/mol. The first kappa shape index (κ1) is 26.2. The van der Waals surface area contributed by atoms with Crippen LogP contribution in [0.5, 0.6) is 5.75 Å². The molecule has 1 unspecified atom stereocenters. The molecule has 0 saturated carbocycles. The van der Waals surface area contributed by atoms with E-state index in [0.29, 0.717) is 0 Å². The molecule has 1 atom stereocenters. The van der Waals surface area contributed by atoms with E-state index >= 15 is 0 Å². The molecule has 2 rings (SSSR count). The van der Waals surface area contributed by atoms with Crippen molar-refractivity contribution in [3.05, 3.63) is 53.6 Å². The molecule has 0 bridgehead atoms. The van der Waals surface area contributed by atoms with E-state index in [0.717, 1.165) is 23.8 Å². The number of anilines is 1. The monoisotopic (exact) mass is 487 g/mol. The Hall–Kier alpha value is -3.08. The summed E-state index contributed by atoms with van der Waals surface area (Å²) in [5.41, 5.74) is -0.0931. The van der Waals surface area contributed by atoms with Crippen molar-refractivity contribution >= 4 is 27.5 Å². The van der Waals surface area contributed by atoms with Crippen molar-refractivity contribution in [1.82, 2.24) is 0 Å². The average Bonchev–Trinajstić information content (AvgIpc) is 2.69. The molecule has 0 spiro atoms. The molecule has 33 heavy (non-hydrogen) atoms. The van der Waals surface area contributed by atoms with Crippen LogP contribution < -0.4 is 4.72 Å². The minimum Gasteiger partial charge on any atom is -0.508 e. The fraction of sp³-hybridized carbons (Fsp3) is 0.364. The lowest BCUT2D eigenvalue weighted by Gasteiger charge is -2.20. The second-order valence-electron chi connectivity index (χ2n) is 7.88. The first-order chi connectivity index (χ1) is 15.1. The van der Waals surface area contributed by atoms with Crippen LogP contribution in [0.25, 0.3) is 0 Å². The number of halogens is 3. The van der Waals surface area contributed by atoms with Crippen molar-refractivity contribution in [1.29, 1.82) is 0 Å². The number of carbonyl (C=O) groups is 2. The molecule has 0 aliphatic heterocycles. The Kier molecular flexibility index (Phi) is 7.79. The molecule has 2 aromatic carbocycles.